The Hall–Kier alpha value is -2.57. The number of carbonyl (C=O) groups excluding carboxylic acids is 2. The van der Waals surface area contributed by atoms with Crippen LogP contribution >= 0.6 is 0 Å². The molecule has 1 saturated carbocycles. The Labute approximate surface area is 146 Å². The predicted molar refractivity (Wildman–Crippen MR) is 91.1 cm³/mol. The van der Waals surface area contributed by atoms with Crippen LogP contribution in [-0.2, 0) is 14.4 Å². The maximum atomic E-state index is 12.1. The minimum absolute atomic E-state index is 0.188. The number of aliphatic carboxylic acids is 1. The molecule has 1 aromatic carbocycles. The minimum atomic E-state index is -0.900. The number of carbonyl (C=O) groups is 3. The van der Waals surface area contributed by atoms with Crippen LogP contribution in [0.25, 0.3) is 0 Å². The third-order valence-corrected chi connectivity index (χ3v) is 4.49. The van der Waals surface area contributed by atoms with Gasteiger partial charge in [0.05, 0.1) is 18.0 Å². The number of carboxylic acid groups (broad SMARTS) is 1. The Morgan fingerprint density at radius 2 is 1.92 bits per heavy atom. The molecule has 136 valence electrons. The number of hydrogen-bond acceptors (Lipinski definition) is 4. The van der Waals surface area contributed by atoms with Gasteiger partial charge in [0.25, 0.3) is 5.91 Å². The molecule has 25 heavy (non-hydrogen) atoms. The van der Waals surface area contributed by atoms with E-state index in [0.717, 1.165) is 12.8 Å². The lowest BCUT2D eigenvalue weighted by atomic mass is 9.74. The highest BCUT2D eigenvalue weighted by Gasteiger charge is 2.42. The van der Waals surface area contributed by atoms with E-state index in [-0.39, 0.29) is 13.2 Å². The maximum Gasteiger partial charge on any atom is 0.308 e. The summed E-state index contributed by atoms with van der Waals surface area (Å²) >= 11 is 0. The van der Waals surface area contributed by atoms with Crippen LogP contribution in [0.4, 0.5) is 0 Å². The Morgan fingerprint density at radius 3 is 2.60 bits per heavy atom. The fraction of sp³-hybridized carbons (Fsp3) is 0.500. The molecule has 2 atom stereocenters. The third-order valence-electron chi connectivity index (χ3n) is 4.49. The van der Waals surface area contributed by atoms with Crippen LogP contribution in [0, 0.1) is 5.92 Å². The number of rotatable bonds is 7. The fourth-order valence-corrected chi connectivity index (χ4v) is 3.14. The molecule has 2 unspecified atom stereocenters. The highest BCUT2D eigenvalue weighted by molar-refractivity contribution is 5.86. The monoisotopic (exact) mass is 348 g/mol. The molecule has 0 radical (unpaired) electrons. The van der Waals surface area contributed by atoms with E-state index < -0.39 is 29.2 Å². The second kappa shape index (κ2) is 8.50. The largest absolute Gasteiger partial charge is 0.484 e. The zero-order valence-corrected chi connectivity index (χ0v) is 14.3. The lowest BCUT2D eigenvalue weighted by Crippen LogP contribution is -2.57. The number of amides is 2. The summed E-state index contributed by atoms with van der Waals surface area (Å²) in [5, 5.41) is 14.6. The molecule has 0 aromatic heterocycles. The van der Waals surface area contributed by atoms with E-state index in [1.54, 1.807) is 31.2 Å². The molecule has 1 aliphatic rings. The van der Waals surface area contributed by atoms with Gasteiger partial charge < -0.3 is 20.5 Å². The van der Waals surface area contributed by atoms with Gasteiger partial charge in [0, 0.05) is 0 Å². The molecule has 0 heterocycles. The predicted octanol–water partition coefficient (Wildman–Crippen LogP) is 1.33. The van der Waals surface area contributed by atoms with Crippen LogP contribution in [-0.4, -0.2) is 41.6 Å². The van der Waals surface area contributed by atoms with Crippen molar-refractivity contribution in [1.82, 2.24) is 10.6 Å². The fourth-order valence-electron chi connectivity index (χ4n) is 3.14. The van der Waals surface area contributed by atoms with Gasteiger partial charge in [-0.1, -0.05) is 31.0 Å². The molecule has 0 aliphatic heterocycles. The van der Waals surface area contributed by atoms with Crippen molar-refractivity contribution >= 4 is 17.8 Å². The van der Waals surface area contributed by atoms with Crippen molar-refractivity contribution in [2.45, 2.75) is 38.1 Å². The first-order valence-corrected chi connectivity index (χ1v) is 8.39. The highest BCUT2D eigenvalue weighted by atomic mass is 16.5. The zero-order chi connectivity index (χ0) is 18.3. The van der Waals surface area contributed by atoms with Gasteiger partial charge in [0.1, 0.15) is 5.75 Å². The van der Waals surface area contributed by atoms with Crippen molar-refractivity contribution in [2.24, 2.45) is 5.92 Å². The number of ether oxygens (including phenoxy) is 1. The molecular weight excluding hydrogens is 324 g/mol. The van der Waals surface area contributed by atoms with Crippen LogP contribution in [0.5, 0.6) is 5.75 Å². The summed E-state index contributed by atoms with van der Waals surface area (Å²) in [5.41, 5.74) is -0.785. The van der Waals surface area contributed by atoms with E-state index in [4.69, 9.17) is 4.74 Å². The van der Waals surface area contributed by atoms with Gasteiger partial charge in [0.2, 0.25) is 5.91 Å². The van der Waals surface area contributed by atoms with E-state index in [2.05, 4.69) is 10.6 Å². The van der Waals surface area contributed by atoms with Crippen LogP contribution in [0.15, 0.2) is 30.3 Å². The first-order valence-electron chi connectivity index (χ1n) is 8.39. The quantitative estimate of drug-likeness (QED) is 0.689. The molecule has 1 aromatic rings. The summed E-state index contributed by atoms with van der Waals surface area (Å²) in [4.78, 5) is 35.3. The van der Waals surface area contributed by atoms with Crippen molar-refractivity contribution < 1.29 is 24.2 Å². The topological polar surface area (TPSA) is 105 Å². The van der Waals surface area contributed by atoms with Gasteiger partial charge in [-0.2, -0.15) is 0 Å². The van der Waals surface area contributed by atoms with Crippen molar-refractivity contribution in [3.05, 3.63) is 30.3 Å². The van der Waals surface area contributed by atoms with Crippen LogP contribution in [0.2, 0.25) is 0 Å². The smallest absolute Gasteiger partial charge is 0.308 e. The van der Waals surface area contributed by atoms with Crippen molar-refractivity contribution in [3.63, 3.8) is 0 Å². The summed E-state index contributed by atoms with van der Waals surface area (Å²) in [7, 11) is 0. The van der Waals surface area contributed by atoms with E-state index in [0.29, 0.717) is 18.6 Å². The zero-order valence-electron chi connectivity index (χ0n) is 14.3. The van der Waals surface area contributed by atoms with Gasteiger partial charge in [0.15, 0.2) is 6.61 Å². The summed E-state index contributed by atoms with van der Waals surface area (Å²) in [5.74, 6) is -1.75. The maximum absolute atomic E-state index is 12.1. The Morgan fingerprint density at radius 1 is 1.20 bits per heavy atom. The second-order valence-electron chi connectivity index (χ2n) is 6.48. The molecule has 2 amide bonds. The lowest BCUT2D eigenvalue weighted by Gasteiger charge is -2.39. The molecule has 3 N–H and O–H groups in total. The molecular formula is C18H24N2O5. The van der Waals surface area contributed by atoms with Gasteiger partial charge in [-0.3, -0.25) is 14.4 Å². The Bertz CT molecular complexity index is 619. The van der Waals surface area contributed by atoms with Crippen LogP contribution in [0.1, 0.15) is 32.6 Å². The summed E-state index contributed by atoms with van der Waals surface area (Å²) in [6.07, 6.45) is 2.87. The van der Waals surface area contributed by atoms with Crippen molar-refractivity contribution in [2.75, 3.05) is 13.2 Å². The van der Waals surface area contributed by atoms with Crippen LogP contribution in [0.3, 0.4) is 0 Å². The standard InChI is InChI=1S/C18H24N2O5/c1-18(10-6-5-9-14(18)17(23)24)20-15(21)11-19-16(22)12-25-13-7-3-2-4-8-13/h2-4,7-8,14H,5-6,9-12H2,1H3,(H,19,22)(H,20,21)(H,23,24). The molecule has 1 fully saturated rings. The first kappa shape index (κ1) is 18.8. The molecule has 0 saturated heterocycles. The number of benzene rings is 1. The number of hydrogen-bond donors (Lipinski definition) is 3. The average Bonchev–Trinajstić information content (AvgIpc) is 2.59. The van der Waals surface area contributed by atoms with E-state index in [1.807, 2.05) is 6.07 Å². The van der Waals surface area contributed by atoms with E-state index >= 15 is 0 Å². The lowest BCUT2D eigenvalue weighted by molar-refractivity contribution is -0.146. The molecule has 0 spiro atoms. The molecule has 0 bridgehead atoms. The van der Waals surface area contributed by atoms with Crippen LogP contribution < -0.4 is 15.4 Å². The van der Waals surface area contributed by atoms with Gasteiger partial charge in [-0.15, -0.1) is 0 Å². The number of nitrogens with one attached hydrogen (secondary N) is 2. The van der Waals surface area contributed by atoms with E-state index in [1.165, 1.54) is 0 Å². The Kier molecular flexibility index (Phi) is 6.38. The number of carboxylic acids is 1. The Balaban J connectivity index is 1.77. The first-order chi connectivity index (χ1) is 11.9. The highest BCUT2D eigenvalue weighted by Crippen LogP contribution is 2.33. The summed E-state index contributed by atoms with van der Waals surface area (Å²) < 4.78 is 5.30. The summed E-state index contributed by atoms with van der Waals surface area (Å²) in [6, 6.07) is 8.90. The second-order valence-corrected chi connectivity index (χ2v) is 6.48. The average molecular weight is 348 g/mol. The normalized spacial score (nSPS) is 22.7. The van der Waals surface area contributed by atoms with E-state index in [9.17, 15) is 19.5 Å². The molecule has 7 heteroatoms. The summed E-state index contributed by atoms with van der Waals surface area (Å²) in [6.45, 7) is 1.36. The minimum Gasteiger partial charge on any atom is -0.484 e. The van der Waals surface area contributed by atoms with Gasteiger partial charge >= 0.3 is 5.97 Å². The molecule has 1 aliphatic carbocycles. The van der Waals surface area contributed by atoms with Gasteiger partial charge in [-0.05, 0) is 31.9 Å². The van der Waals surface area contributed by atoms with Crippen molar-refractivity contribution in [1.29, 1.82) is 0 Å². The third kappa shape index (κ3) is 5.48. The SMILES string of the molecule is CC1(NC(=O)CNC(=O)COc2ccccc2)CCCCC1C(=O)O. The number of para-hydroxylation sites is 1. The molecule has 2 rings (SSSR count). The molecule has 7 nitrogen and oxygen atoms in total. The van der Waals surface area contributed by atoms with Crippen molar-refractivity contribution in [3.8, 4) is 5.75 Å². The van der Waals surface area contributed by atoms with Gasteiger partial charge in [-0.25, -0.2) is 0 Å².